The molecule has 1 aromatic carbocycles. The molecule has 5 heteroatoms. The van der Waals surface area contributed by atoms with Gasteiger partial charge in [-0.2, -0.15) is 5.26 Å². The van der Waals surface area contributed by atoms with Crippen molar-refractivity contribution in [1.82, 2.24) is 0 Å². The van der Waals surface area contributed by atoms with Gasteiger partial charge in [-0.25, -0.2) is 4.39 Å². The summed E-state index contributed by atoms with van der Waals surface area (Å²) in [6, 6.07) is 7.36. The van der Waals surface area contributed by atoms with E-state index < -0.39 is 6.29 Å². The number of rotatable bonds is 2. The SMILES string of the molecule is CC1OC(c2ccc(N3CCC(C#N)CC3)c(F)c2)O1. The van der Waals surface area contributed by atoms with Crippen molar-refractivity contribution in [2.24, 2.45) is 5.92 Å². The molecule has 3 rings (SSSR count). The highest BCUT2D eigenvalue weighted by Gasteiger charge is 2.29. The first-order chi connectivity index (χ1) is 9.67. The summed E-state index contributed by atoms with van der Waals surface area (Å²) in [5.74, 6) is -0.156. The molecule has 2 heterocycles. The van der Waals surface area contributed by atoms with Crippen LogP contribution >= 0.6 is 0 Å². The molecule has 2 aliphatic rings. The lowest BCUT2D eigenvalue weighted by Gasteiger charge is -2.35. The molecule has 2 fully saturated rings. The third-order valence-corrected chi connectivity index (χ3v) is 3.89. The molecular formula is C15H17FN2O2. The minimum atomic E-state index is -0.446. The Morgan fingerprint density at radius 1 is 1.30 bits per heavy atom. The van der Waals surface area contributed by atoms with Crippen LogP contribution < -0.4 is 4.90 Å². The lowest BCUT2D eigenvalue weighted by atomic mass is 9.98. The van der Waals surface area contributed by atoms with E-state index in [1.165, 1.54) is 6.07 Å². The van der Waals surface area contributed by atoms with Crippen LogP contribution in [0.3, 0.4) is 0 Å². The van der Waals surface area contributed by atoms with E-state index in [0.29, 0.717) is 11.3 Å². The molecule has 0 bridgehead atoms. The Labute approximate surface area is 117 Å². The molecule has 106 valence electrons. The van der Waals surface area contributed by atoms with Crippen LogP contribution in [0.25, 0.3) is 0 Å². The van der Waals surface area contributed by atoms with Gasteiger partial charge < -0.3 is 14.4 Å². The molecular weight excluding hydrogens is 259 g/mol. The van der Waals surface area contributed by atoms with E-state index in [9.17, 15) is 4.39 Å². The Morgan fingerprint density at radius 3 is 2.55 bits per heavy atom. The van der Waals surface area contributed by atoms with Crippen LogP contribution in [0.2, 0.25) is 0 Å². The lowest BCUT2D eigenvalue weighted by molar-refractivity contribution is -0.382. The van der Waals surface area contributed by atoms with Crippen LogP contribution in [0.5, 0.6) is 0 Å². The van der Waals surface area contributed by atoms with E-state index in [-0.39, 0.29) is 18.0 Å². The maximum atomic E-state index is 14.2. The molecule has 0 saturated carbocycles. The van der Waals surface area contributed by atoms with E-state index >= 15 is 0 Å². The monoisotopic (exact) mass is 276 g/mol. The molecule has 0 amide bonds. The number of hydrogen-bond donors (Lipinski definition) is 0. The summed E-state index contributed by atoms with van der Waals surface area (Å²) < 4.78 is 24.9. The molecule has 4 nitrogen and oxygen atoms in total. The van der Waals surface area contributed by atoms with E-state index in [1.54, 1.807) is 13.0 Å². The second kappa shape index (κ2) is 5.39. The molecule has 20 heavy (non-hydrogen) atoms. The largest absolute Gasteiger partial charge is 0.369 e. The lowest BCUT2D eigenvalue weighted by Crippen LogP contribution is -2.34. The molecule has 2 aliphatic heterocycles. The molecule has 0 spiro atoms. The van der Waals surface area contributed by atoms with E-state index in [0.717, 1.165) is 25.9 Å². The minimum absolute atomic E-state index is 0.104. The average Bonchev–Trinajstić information content (AvgIpc) is 2.44. The number of nitrogens with zero attached hydrogens (tertiary/aromatic N) is 2. The number of halogens is 1. The number of benzene rings is 1. The molecule has 0 aromatic heterocycles. The first-order valence-electron chi connectivity index (χ1n) is 6.92. The summed E-state index contributed by atoms with van der Waals surface area (Å²) in [7, 11) is 0. The highest BCUT2D eigenvalue weighted by Crippen LogP contribution is 2.34. The molecule has 0 unspecified atom stereocenters. The highest BCUT2D eigenvalue weighted by atomic mass is 19.1. The van der Waals surface area contributed by atoms with Crippen LogP contribution in [0, 0.1) is 23.1 Å². The topological polar surface area (TPSA) is 45.5 Å². The van der Waals surface area contributed by atoms with E-state index in [1.807, 2.05) is 11.0 Å². The van der Waals surface area contributed by atoms with E-state index in [2.05, 4.69) is 6.07 Å². The summed E-state index contributed by atoms with van der Waals surface area (Å²) in [5, 5.41) is 8.88. The number of hydrogen-bond acceptors (Lipinski definition) is 4. The predicted molar refractivity (Wildman–Crippen MR) is 71.3 cm³/mol. The second-order valence-electron chi connectivity index (χ2n) is 5.27. The van der Waals surface area contributed by atoms with Crippen LogP contribution in [-0.4, -0.2) is 19.4 Å². The third kappa shape index (κ3) is 2.49. The molecule has 0 atom stereocenters. The average molecular weight is 276 g/mol. The molecule has 0 aliphatic carbocycles. The van der Waals surface area contributed by atoms with Gasteiger partial charge in [0, 0.05) is 24.6 Å². The molecule has 1 aromatic rings. The van der Waals surface area contributed by atoms with Crippen molar-refractivity contribution >= 4 is 5.69 Å². The smallest absolute Gasteiger partial charge is 0.189 e. The van der Waals surface area contributed by atoms with Gasteiger partial charge in [0.2, 0.25) is 0 Å². The third-order valence-electron chi connectivity index (χ3n) is 3.89. The van der Waals surface area contributed by atoms with Crippen molar-refractivity contribution < 1.29 is 13.9 Å². The van der Waals surface area contributed by atoms with Gasteiger partial charge in [0.1, 0.15) is 5.82 Å². The van der Waals surface area contributed by atoms with Gasteiger partial charge in [-0.05, 0) is 31.9 Å². The Balaban J connectivity index is 1.70. The Hall–Kier alpha value is -1.64. The first kappa shape index (κ1) is 13.3. The van der Waals surface area contributed by atoms with Gasteiger partial charge in [0.05, 0.1) is 11.8 Å². The van der Waals surface area contributed by atoms with Crippen molar-refractivity contribution in [2.45, 2.75) is 32.3 Å². The molecule has 0 radical (unpaired) electrons. The summed E-state index contributed by atoms with van der Waals surface area (Å²) >= 11 is 0. The fraction of sp³-hybridized carbons (Fsp3) is 0.533. The number of anilines is 1. The van der Waals surface area contributed by atoms with Crippen LogP contribution in [-0.2, 0) is 9.47 Å². The highest BCUT2D eigenvalue weighted by molar-refractivity contribution is 5.50. The zero-order valence-electron chi connectivity index (χ0n) is 11.4. The fourth-order valence-corrected chi connectivity index (χ4v) is 2.69. The number of piperidine rings is 1. The predicted octanol–water partition coefficient (Wildman–Crippen LogP) is 2.96. The quantitative estimate of drug-likeness (QED) is 0.833. The van der Waals surface area contributed by atoms with Gasteiger partial charge in [-0.15, -0.1) is 0 Å². The van der Waals surface area contributed by atoms with Gasteiger partial charge in [-0.1, -0.05) is 6.07 Å². The maximum absolute atomic E-state index is 14.2. The second-order valence-corrected chi connectivity index (χ2v) is 5.27. The van der Waals surface area contributed by atoms with Crippen molar-refractivity contribution in [1.29, 1.82) is 5.26 Å². The molecule has 2 saturated heterocycles. The van der Waals surface area contributed by atoms with Gasteiger partial charge >= 0.3 is 0 Å². The summed E-state index contributed by atoms with van der Waals surface area (Å²) in [5.41, 5.74) is 1.30. The van der Waals surface area contributed by atoms with Gasteiger partial charge in [0.25, 0.3) is 0 Å². The Morgan fingerprint density at radius 2 is 2.00 bits per heavy atom. The van der Waals surface area contributed by atoms with Crippen molar-refractivity contribution in [3.05, 3.63) is 29.6 Å². The van der Waals surface area contributed by atoms with Crippen molar-refractivity contribution in [3.8, 4) is 6.07 Å². The van der Waals surface area contributed by atoms with Crippen LogP contribution in [0.4, 0.5) is 10.1 Å². The fourth-order valence-electron chi connectivity index (χ4n) is 2.69. The van der Waals surface area contributed by atoms with Gasteiger partial charge in [-0.3, -0.25) is 0 Å². The first-order valence-corrected chi connectivity index (χ1v) is 6.92. The van der Waals surface area contributed by atoms with Crippen molar-refractivity contribution in [3.63, 3.8) is 0 Å². The maximum Gasteiger partial charge on any atom is 0.189 e. The minimum Gasteiger partial charge on any atom is -0.369 e. The number of nitriles is 1. The van der Waals surface area contributed by atoms with Crippen LogP contribution in [0.1, 0.15) is 31.6 Å². The molecule has 0 N–H and O–H groups in total. The summed E-state index contributed by atoms with van der Waals surface area (Å²) in [4.78, 5) is 2.00. The van der Waals surface area contributed by atoms with E-state index in [4.69, 9.17) is 14.7 Å². The summed E-state index contributed by atoms with van der Waals surface area (Å²) in [6.07, 6.45) is 0.930. The summed E-state index contributed by atoms with van der Waals surface area (Å²) in [6.45, 7) is 3.25. The van der Waals surface area contributed by atoms with Crippen LogP contribution in [0.15, 0.2) is 18.2 Å². The zero-order valence-corrected chi connectivity index (χ0v) is 11.4. The zero-order chi connectivity index (χ0) is 14.1. The Bertz CT molecular complexity index is 529. The van der Waals surface area contributed by atoms with Crippen molar-refractivity contribution in [2.75, 3.05) is 18.0 Å². The Kier molecular flexibility index (Phi) is 3.60. The standard InChI is InChI=1S/C15H17FN2O2/c1-10-19-15(20-10)12-2-3-14(13(16)8-12)18-6-4-11(9-17)5-7-18/h2-3,8,10-11,15H,4-7H2,1H3. The normalized spacial score (nSPS) is 26.9. The number of ether oxygens (including phenoxy) is 2. The van der Waals surface area contributed by atoms with Gasteiger partial charge in [0.15, 0.2) is 12.6 Å².